The highest BCUT2D eigenvalue weighted by molar-refractivity contribution is 5.62. The lowest BCUT2D eigenvalue weighted by Gasteiger charge is -2.22. The molecule has 7 N–H and O–H groups in total. The number of benzene rings is 1. The van der Waals surface area contributed by atoms with Gasteiger partial charge in [0.1, 0.15) is 12.2 Å². The summed E-state index contributed by atoms with van der Waals surface area (Å²) < 4.78 is 0. The third-order valence-corrected chi connectivity index (χ3v) is 2.29. The lowest BCUT2D eigenvalue weighted by Crippen LogP contribution is -2.30. The first-order valence-corrected chi connectivity index (χ1v) is 4.63. The standard InChI is InChI=1S/C10H16N2O3/c1-5(13)9(14)10(15)8-6(11)3-2-4-7(8)12/h2-5,9-10,13-15H,11-12H2,1H3. The SMILES string of the molecule is CC(O)C(O)C(O)c1c(N)cccc1N. The van der Waals surface area contributed by atoms with Gasteiger partial charge in [0.05, 0.1) is 6.10 Å². The van der Waals surface area contributed by atoms with Crippen LogP contribution in [0.25, 0.3) is 0 Å². The van der Waals surface area contributed by atoms with E-state index in [0.29, 0.717) is 11.4 Å². The molecule has 0 amide bonds. The Morgan fingerprint density at radius 2 is 1.53 bits per heavy atom. The monoisotopic (exact) mass is 212 g/mol. The minimum Gasteiger partial charge on any atom is -0.398 e. The number of aliphatic hydroxyl groups excluding tert-OH is 3. The minimum atomic E-state index is -1.31. The lowest BCUT2D eigenvalue weighted by atomic mass is 9.98. The van der Waals surface area contributed by atoms with Crippen LogP contribution in [0.5, 0.6) is 0 Å². The summed E-state index contributed by atoms with van der Waals surface area (Å²) in [7, 11) is 0. The molecule has 0 aromatic heterocycles. The molecule has 0 heterocycles. The summed E-state index contributed by atoms with van der Waals surface area (Å²) in [5, 5.41) is 28.4. The number of rotatable bonds is 3. The van der Waals surface area contributed by atoms with Crippen LogP contribution in [0.4, 0.5) is 11.4 Å². The molecule has 1 aromatic carbocycles. The average molecular weight is 212 g/mol. The van der Waals surface area contributed by atoms with E-state index >= 15 is 0 Å². The van der Waals surface area contributed by atoms with Crippen LogP contribution in [0.3, 0.4) is 0 Å². The first-order chi connectivity index (χ1) is 6.95. The van der Waals surface area contributed by atoms with Crippen molar-refractivity contribution in [3.05, 3.63) is 23.8 Å². The molecule has 0 aliphatic rings. The van der Waals surface area contributed by atoms with Gasteiger partial charge in [-0.3, -0.25) is 0 Å². The molecule has 3 atom stereocenters. The molecule has 5 nitrogen and oxygen atoms in total. The van der Waals surface area contributed by atoms with Crippen molar-refractivity contribution in [2.45, 2.75) is 25.2 Å². The molecule has 0 saturated carbocycles. The molecule has 0 aliphatic carbocycles. The summed E-state index contributed by atoms with van der Waals surface area (Å²) in [5.74, 6) is 0. The van der Waals surface area contributed by atoms with Crippen LogP contribution in [-0.2, 0) is 0 Å². The maximum absolute atomic E-state index is 9.75. The van der Waals surface area contributed by atoms with E-state index < -0.39 is 18.3 Å². The van der Waals surface area contributed by atoms with Gasteiger partial charge < -0.3 is 26.8 Å². The Hall–Kier alpha value is -1.30. The van der Waals surface area contributed by atoms with Crippen molar-refractivity contribution in [3.63, 3.8) is 0 Å². The molecule has 0 bridgehead atoms. The molecule has 1 rings (SSSR count). The average Bonchev–Trinajstić information content (AvgIpc) is 2.15. The van der Waals surface area contributed by atoms with Crippen LogP contribution >= 0.6 is 0 Å². The van der Waals surface area contributed by atoms with Gasteiger partial charge in [0, 0.05) is 16.9 Å². The molecule has 1 aromatic rings. The zero-order chi connectivity index (χ0) is 11.6. The van der Waals surface area contributed by atoms with Crippen LogP contribution in [0.1, 0.15) is 18.6 Å². The molecule has 0 spiro atoms. The molecule has 3 unspecified atom stereocenters. The minimum absolute atomic E-state index is 0.255. The second kappa shape index (κ2) is 4.48. The van der Waals surface area contributed by atoms with E-state index in [9.17, 15) is 10.2 Å². The Morgan fingerprint density at radius 3 is 1.93 bits per heavy atom. The summed E-state index contributed by atoms with van der Waals surface area (Å²) in [6, 6.07) is 4.79. The van der Waals surface area contributed by atoms with Gasteiger partial charge in [0.15, 0.2) is 0 Å². The zero-order valence-electron chi connectivity index (χ0n) is 8.46. The smallest absolute Gasteiger partial charge is 0.111 e. The van der Waals surface area contributed by atoms with Crippen LogP contribution in [0, 0.1) is 0 Å². The topological polar surface area (TPSA) is 113 Å². The van der Waals surface area contributed by atoms with Crippen LogP contribution < -0.4 is 11.5 Å². The van der Waals surface area contributed by atoms with Gasteiger partial charge in [-0.15, -0.1) is 0 Å². The van der Waals surface area contributed by atoms with Gasteiger partial charge in [-0.05, 0) is 19.1 Å². The van der Waals surface area contributed by atoms with Gasteiger partial charge in [0.2, 0.25) is 0 Å². The van der Waals surface area contributed by atoms with Gasteiger partial charge in [-0.1, -0.05) is 6.07 Å². The first-order valence-electron chi connectivity index (χ1n) is 4.63. The Morgan fingerprint density at radius 1 is 1.07 bits per heavy atom. The third-order valence-electron chi connectivity index (χ3n) is 2.29. The van der Waals surface area contributed by atoms with E-state index in [1.165, 1.54) is 6.92 Å². The van der Waals surface area contributed by atoms with Gasteiger partial charge >= 0.3 is 0 Å². The Kier molecular flexibility index (Phi) is 3.52. The third kappa shape index (κ3) is 2.38. The fourth-order valence-corrected chi connectivity index (χ4v) is 1.38. The predicted octanol–water partition coefficient (Wildman–Crippen LogP) is -0.374. The van der Waals surface area contributed by atoms with Crippen LogP contribution in [-0.4, -0.2) is 27.5 Å². The number of hydrogen-bond acceptors (Lipinski definition) is 5. The summed E-state index contributed by atoms with van der Waals surface area (Å²) >= 11 is 0. The van der Waals surface area contributed by atoms with Gasteiger partial charge in [0.25, 0.3) is 0 Å². The number of hydrogen-bond donors (Lipinski definition) is 5. The predicted molar refractivity (Wildman–Crippen MR) is 57.9 cm³/mol. The molecule has 0 radical (unpaired) electrons. The molecule has 5 heteroatoms. The van der Waals surface area contributed by atoms with Crippen molar-refractivity contribution in [2.75, 3.05) is 11.5 Å². The van der Waals surface area contributed by atoms with Crippen LogP contribution in [0.2, 0.25) is 0 Å². The van der Waals surface area contributed by atoms with E-state index in [4.69, 9.17) is 16.6 Å². The highest BCUT2D eigenvalue weighted by Crippen LogP contribution is 2.29. The molecule has 15 heavy (non-hydrogen) atoms. The Labute approximate surface area is 88.0 Å². The second-order valence-electron chi connectivity index (χ2n) is 3.53. The highest BCUT2D eigenvalue weighted by Gasteiger charge is 2.25. The Bertz CT molecular complexity index is 321. The summed E-state index contributed by atoms with van der Waals surface area (Å²) in [5.41, 5.74) is 12.1. The molecular weight excluding hydrogens is 196 g/mol. The summed E-state index contributed by atoms with van der Waals surface area (Å²) in [4.78, 5) is 0. The zero-order valence-corrected chi connectivity index (χ0v) is 8.46. The van der Waals surface area contributed by atoms with Crippen molar-refractivity contribution in [2.24, 2.45) is 0 Å². The van der Waals surface area contributed by atoms with E-state index in [1.54, 1.807) is 18.2 Å². The van der Waals surface area contributed by atoms with Gasteiger partial charge in [-0.2, -0.15) is 0 Å². The molecule has 0 saturated heterocycles. The number of nitrogen functional groups attached to an aromatic ring is 2. The van der Waals surface area contributed by atoms with Gasteiger partial charge in [-0.25, -0.2) is 0 Å². The normalized spacial score (nSPS) is 17.1. The summed E-state index contributed by atoms with van der Waals surface area (Å²) in [6.45, 7) is 1.38. The lowest BCUT2D eigenvalue weighted by molar-refractivity contribution is -0.0526. The molecule has 84 valence electrons. The van der Waals surface area contributed by atoms with Crippen molar-refractivity contribution in [3.8, 4) is 0 Å². The number of aliphatic hydroxyl groups is 3. The quantitative estimate of drug-likeness (QED) is 0.439. The van der Waals surface area contributed by atoms with Crippen LogP contribution in [0.15, 0.2) is 18.2 Å². The van der Waals surface area contributed by atoms with Crippen molar-refractivity contribution < 1.29 is 15.3 Å². The largest absolute Gasteiger partial charge is 0.398 e. The van der Waals surface area contributed by atoms with Crippen molar-refractivity contribution in [1.29, 1.82) is 0 Å². The van der Waals surface area contributed by atoms with Crippen molar-refractivity contribution in [1.82, 2.24) is 0 Å². The first kappa shape index (κ1) is 11.8. The maximum Gasteiger partial charge on any atom is 0.111 e. The fraction of sp³-hybridized carbons (Fsp3) is 0.400. The van der Waals surface area contributed by atoms with Crippen molar-refractivity contribution >= 4 is 11.4 Å². The van der Waals surface area contributed by atoms with E-state index in [0.717, 1.165) is 0 Å². The molecule has 0 aliphatic heterocycles. The Balaban J connectivity index is 3.05. The van der Waals surface area contributed by atoms with E-state index in [-0.39, 0.29) is 5.56 Å². The number of nitrogens with two attached hydrogens (primary N) is 2. The van der Waals surface area contributed by atoms with E-state index in [2.05, 4.69) is 0 Å². The highest BCUT2D eigenvalue weighted by atomic mass is 16.4. The second-order valence-corrected chi connectivity index (χ2v) is 3.53. The van der Waals surface area contributed by atoms with E-state index in [1.807, 2.05) is 0 Å². The fourth-order valence-electron chi connectivity index (χ4n) is 1.38. The summed E-state index contributed by atoms with van der Waals surface area (Å²) in [6.07, 6.45) is -3.65. The number of anilines is 2. The molecule has 0 fully saturated rings. The molecular formula is C10H16N2O3. The maximum atomic E-state index is 9.75.